The van der Waals surface area contributed by atoms with Gasteiger partial charge in [0.15, 0.2) is 5.13 Å². The molecule has 16 heteroatoms. The van der Waals surface area contributed by atoms with E-state index in [9.17, 15) is 26.7 Å². The number of nitrogens with zero attached hydrogens (tertiary/aromatic N) is 6. The summed E-state index contributed by atoms with van der Waals surface area (Å²) in [5.41, 5.74) is 2.47. The molecule has 48 heavy (non-hydrogen) atoms. The number of ether oxygens (including phenoxy) is 1. The van der Waals surface area contributed by atoms with Crippen LogP contribution >= 0.6 is 11.3 Å². The van der Waals surface area contributed by atoms with E-state index >= 15 is 4.39 Å². The van der Waals surface area contributed by atoms with Crippen LogP contribution in [0.25, 0.3) is 32.2 Å². The van der Waals surface area contributed by atoms with Gasteiger partial charge in [0.25, 0.3) is 0 Å². The average molecular weight is 692 g/mol. The molecular weight excluding hydrogens is 660 g/mol. The lowest BCUT2D eigenvalue weighted by molar-refractivity contribution is -0.137. The minimum absolute atomic E-state index is 0.00230. The van der Waals surface area contributed by atoms with Gasteiger partial charge < -0.3 is 20.3 Å². The number of aromatic nitrogens is 3. The van der Waals surface area contributed by atoms with Gasteiger partial charge in [0.1, 0.15) is 30.2 Å². The third-order valence-corrected chi connectivity index (χ3v) is 10.6. The number of amides is 1. The Labute approximate surface area is 275 Å². The molecule has 0 unspecified atom stereocenters. The number of carbonyl (C=O) groups is 1. The van der Waals surface area contributed by atoms with Gasteiger partial charge in [0.05, 0.1) is 26.8 Å². The minimum Gasteiger partial charge on any atom is -0.461 e. The monoisotopic (exact) mass is 691 g/mol. The highest BCUT2D eigenvalue weighted by atomic mass is 32.1. The predicted octanol–water partition coefficient (Wildman–Crippen LogP) is 5.96. The van der Waals surface area contributed by atoms with Crippen molar-refractivity contribution >= 4 is 49.3 Å². The van der Waals surface area contributed by atoms with Crippen molar-refractivity contribution in [2.24, 2.45) is 0 Å². The third kappa shape index (κ3) is 5.47. The summed E-state index contributed by atoms with van der Waals surface area (Å²) in [5, 5.41) is -0.147. The van der Waals surface area contributed by atoms with Crippen LogP contribution < -0.4 is 15.4 Å². The number of alkyl halides is 4. The lowest BCUT2D eigenvalue weighted by Gasteiger charge is -2.31. The zero-order valence-electron chi connectivity index (χ0n) is 25.8. The first-order chi connectivity index (χ1) is 22.8. The van der Waals surface area contributed by atoms with Crippen LogP contribution in [-0.2, 0) is 11.0 Å². The molecule has 4 aromatic rings. The van der Waals surface area contributed by atoms with Gasteiger partial charge in [-0.3, -0.25) is 9.69 Å². The predicted molar refractivity (Wildman–Crippen MR) is 170 cm³/mol. The van der Waals surface area contributed by atoms with E-state index in [4.69, 9.17) is 10.5 Å². The Morgan fingerprint density at radius 3 is 2.73 bits per heavy atom. The Hall–Kier alpha value is -4.18. The van der Waals surface area contributed by atoms with Crippen LogP contribution in [0.1, 0.15) is 31.2 Å². The van der Waals surface area contributed by atoms with Gasteiger partial charge in [-0.1, -0.05) is 17.9 Å². The second-order valence-electron chi connectivity index (χ2n) is 12.6. The molecule has 3 fully saturated rings. The standard InChI is InChI=1S/C32H31F6N7O2S/c1-3-24(46)44-8-5-17(14-44)43(2)28-19-9-20(32(36,37)38)18(25-21(34)11-22(35)27-26(25)41-29(39)48-27)10-23(19)40-30(42-28)47-15-31-6-4-7-45(31)13-16(33)12-31/h3,9-11,16-17H,1,4-8,12-15H2,2H3,(H2,39,41)/t16-,17-,31+/m1/s1. The Bertz CT molecular complexity index is 1950. The molecule has 0 aliphatic carbocycles. The maximum Gasteiger partial charge on any atom is 0.417 e. The molecule has 1 amide bonds. The number of likely N-dealkylation sites (tertiary alicyclic amines) is 1. The maximum atomic E-state index is 15.5. The van der Waals surface area contributed by atoms with Crippen molar-refractivity contribution in [2.75, 3.05) is 50.5 Å². The average Bonchev–Trinajstić information content (AvgIpc) is 3.81. The fourth-order valence-electron chi connectivity index (χ4n) is 7.41. The zero-order chi connectivity index (χ0) is 34.1. The summed E-state index contributed by atoms with van der Waals surface area (Å²) in [4.78, 5) is 30.6. The summed E-state index contributed by atoms with van der Waals surface area (Å²) >= 11 is 0.692. The molecule has 3 aliphatic heterocycles. The number of hydrogen-bond donors (Lipinski definition) is 1. The summed E-state index contributed by atoms with van der Waals surface area (Å²) in [6.07, 6.45) is -2.45. The van der Waals surface area contributed by atoms with E-state index in [0.29, 0.717) is 43.3 Å². The van der Waals surface area contributed by atoms with E-state index in [2.05, 4.69) is 21.5 Å². The summed E-state index contributed by atoms with van der Waals surface area (Å²) in [7, 11) is 1.66. The Kier molecular flexibility index (Phi) is 7.93. The van der Waals surface area contributed by atoms with E-state index in [1.165, 1.54) is 6.08 Å². The largest absolute Gasteiger partial charge is 0.461 e. The molecule has 254 valence electrons. The number of carbonyl (C=O) groups excluding carboxylic acids is 1. The smallest absolute Gasteiger partial charge is 0.417 e. The van der Waals surface area contributed by atoms with Crippen molar-refractivity contribution in [3.05, 3.63) is 48.1 Å². The van der Waals surface area contributed by atoms with Crippen molar-refractivity contribution < 1.29 is 35.9 Å². The van der Waals surface area contributed by atoms with E-state index in [0.717, 1.165) is 25.1 Å². The number of fused-ring (bicyclic) bond motifs is 3. The third-order valence-electron chi connectivity index (χ3n) is 9.72. The van der Waals surface area contributed by atoms with E-state index in [1.54, 1.807) is 16.8 Å². The van der Waals surface area contributed by atoms with Crippen molar-refractivity contribution in [1.82, 2.24) is 24.8 Å². The summed E-state index contributed by atoms with van der Waals surface area (Å²) in [6, 6.07) is 1.94. The molecule has 3 saturated heterocycles. The van der Waals surface area contributed by atoms with Crippen LogP contribution in [0.4, 0.5) is 37.3 Å². The SMILES string of the molecule is C=CC(=O)N1CC[C@@H](N(C)c2nc(OC[C@@]34CCCN3C[C@H](F)C4)nc3cc(-c4c(F)cc(F)c5sc(N)nc45)c(C(F)(F)F)cc23)C1. The van der Waals surface area contributed by atoms with Gasteiger partial charge >= 0.3 is 12.2 Å². The Morgan fingerprint density at radius 1 is 1.19 bits per heavy atom. The number of nitrogen functional groups attached to an aromatic ring is 1. The quantitative estimate of drug-likeness (QED) is 0.187. The minimum atomic E-state index is -4.99. The number of nitrogens with two attached hydrogens (primary N) is 1. The number of thiazole rings is 1. The second kappa shape index (κ2) is 11.8. The molecule has 2 aromatic heterocycles. The number of halogens is 6. The lowest BCUT2D eigenvalue weighted by atomic mass is 9.95. The first-order valence-corrected chi connectivity index (χ1v) is 16.2. The van der Waals surface area contributed by atoms with Crippen LogP contribution in [0.5, 0.6) is 6.01 Å². The fourth-order valence-corrected chi connectivity index (χ4v) is 8.15. The van der Waals surface area contributed by atoms with Crippen molar-refractivity contribution in [3.8, 4) is 17.1 Å². The summed E-state index contributed by atoms with van der Waals surface area (Å²) in [5.74, 6) is -2.42. The number of benzene rings is 2. The second-order valence-corrected chi connectivity index (χ2v) is 13.6. The van der Waals surface area contributed by atoms with Gasteiger partial charge in [0, 0.05) is 61.7 Å². The highest BCUT2D eigenvalue weighted by Gasteiger charge is 2.49. The molecule has 3 atom stereocenters. The first kappa shape index (κ1) is 32.4. The van der Waals surface area contributed by atoms with Crippen LogP contribution in [0, 0.1) is 11.6 Å². The fraction of sp³-hybridized carbons (Fsp3) is 0.438. The van der Waals surface area contributed by atoms with Crippen LogP contribution in [-0.4, -0.2) is 88.2 Å². The number of anilines is 2. The summed E-state index contributed by atoms with van der Waals surface area (Å²) in [6.45, 7) is 5.28. The van der Waals surface area contributed by atoms with Gasteiger partial charge in [0.2, 0.25) is 5.91 Å². The summed E-state index contributed by atoms with van der Waals surface area (Å²) < 4.78 is 95.0. The van der Waals surface area contributed by atoms with E-state index in [-0.39, 0.29) is 69.6 Å². The van der Waals surface area contributed by atoms with Crippen molar-refractivity contribution in [3.63, 3.8) is 0 Å². The van der Waals surface area contributed by atoms with Crippen LogP contribution in [0.2, 0.25) is 0 Å². The van der Waals surface area contributed by atoms with Gasteiger partial charge in [-0.25, -0.2) is 18.2 Å². The van der Waals surface area contributed by atoms with E-state index in [1.807, 2.05) is 4.90 Å². The van der Waals surface area contributed by atoms with E-state index < -0.39 is 46.2 Å². The molecule has 3 aliphatic rings. The molecular formula is C32H31F6N7O2S. The molecule has 0 bridgehead atoms. The molecule has 7 rings (SSSR count). The van der Waals surface area contributed by atoms with Crippen LogP contribution in [0.15, 0.2) is 30.9 Å². The van der Waals surface area contributed by atoms with Gasteiger partial charge in [-0.2, -0.15) is 23.1 Å². The van der Waals surface area contributed by atoms with Crippen molar-refractivity contribution in [2.45, 2.75) is 49.6 Å². The normalized spacial score (nSPS) is 22.9. The Balaban J connectivity index is 1.39. The number of likely N-dealkylation sites (N-methyl/N-ethyl adjacent to an activating group) is 1. The lowest BCUT2D eigenvalue weighted by Crippen LogP contribution is -2.43. The van der Waals surface area contributed by atoms with Gasteiger partial charge in [-0.15, -0.1) is 0 Å². The van der Waals surface area contributed by atoms with Gasteiger partial charge in [-0.05, 0) is 44.0 Å². The molecule has 0 saturated carbocycles. The van der Waals surface area contributed by atoms with Crippen molar-refractivity contribution in [1.29, 1.82) is 0 Å². The highest BCUT2D eigenvalue weighted by molar-refractivity contribution is 7.22. The molecule has 5 heterocycles. The Morgan fingerprint density at radius 2 is 1.98 bits per heavy atom. The molecule has 2 N–H and O–H groups in total. The topological polar surface area (TPSA) is 101 Å². The zero-order valence-corrected chi connectivity index (χ0v) is 26.6. The first-order valence-electron chi connectivity index (χ1n) is 15.4. The molecule has 0 radical (unpaired) electrons. The maximum absolute atomic E-state index is 15.5. The number of rotatable bonds is 7. The number of hydrogen-bond acceptors (Lipinski definition) is 9. The molecule has 9 nitrogen and oxygen atoms in total. The molecule has 2 aromatic carbocycles. The highest BCUT2D eigenvalue weighted by Crippen LogP contribution is 2.46. The molecule has 0 spiro atoms. The van der Waals surface area contributed by atoms with Crippen LogP contribution in [0.3, 0.4) is 0 Å².